The Kier molecular flexibility index (Phi) is 5.46. The van der Waals surface area contributed by atoms with Crippen LogP contribution in [-0.2, 0) is 4.79 Å². The number of aromatic nitrogens is 3. The molecule has 3 amide bonds. The Morgan fingerprint density at radius 2 is 1.85 bits per heavy atom. The van der Waals surface area contributed by atoms with Gasteiger partial charge >= 0.3 is 6.03 Å². The number of benzene rings is 2. The number of nitrogens with zero attached hydrogens (tertiary/aromatic N) is 3. The van der Waals surface area contributed by atoms with Crippen LogP contribution in [0.15, 0.2) is 53.7 Å². The van der Waals surface area contributed by atoms with Gasteiger partial charge in [0.25, 0.3) is 0 Å². The predicted molar refractivity (Wildman–Crippen MR) is 95.2 cm³/mol. The van der Waals surface area contributed by atoms with E-state index in [-0.39, 0.29) is 16.6 Å². The summed E-state index contributed by atoms with van der Waals surface area (Å²) in [6, 6.07) is 11.0. The molecule has 0 aliphatic heterocycles. The molecule has 138 valence electrons. The number of hydrogen-bond donors (Lipinski definition) is 2. The van der Waals surface area contributed by atoms with Crippen LogP contribution in [-0.4, -0.2) is 32.5 Å². The van der Waals surface area contributed by atoms with E-state index < -0.39 is 23.6 Å². The average Bonchev–Trinajstić information content (AvgIpc) is 3.04. The van der Waals surface area contributed by atoms with Crippen LogP contribution < -0.4 is 11.1 Å². The molecule has 0 saturated heterocycles. The SMILES string of the molecule is NC(=O)NC(=O)CSc1nnc(-c2ccccc2)n1-c1ccc(F)cc1F. The summed E-state index contributed by atoms with van der Waals surface area (Å²) < 4.78 is 29.1. The Balaban J connectivity index is 2.02. The van der Waals surface area contributed by atoms with Crippen molar-refractivity contribution >= 4 is 23.7 Å². The number of imide groups is 1. The van der Waals surface area contributed by atoms with E-state index >= 15 is 0 Å². The van der Waals surface area contributed by atoms with Gasteiger partial charge in [0.15, 0.2) is 11.0 Å². The minimum absolute atomic E-state index is 0.0260. The van der Waals surface area contributed by atoms with Crippen molar-refractivity contribution in [2.24, 2.45) is 5.73 Å². The van der Waals surface area contributed by atoms with Crippen molar-refractivity contribution in [3.8, 4) is 17.1 Å². The second-order valence-electron chi connectivity index (χ2n) is 5.30. The zero-order valence-corrected chi connectivity index (χ0v) is 14.5. The van der Waals surface area contributed by atoms with Crippen LogP contribution in [0.4, 0.5) is 13.6 Å². The number of amides is 3. The van der Waals surface area contributed by atoms with Gasteiger partial charge < -0.3 is 5.73 Å². The van der Waals surface area contributed by atoms with E-state index in [0.717, 1.165) is 23.9 Å². The fraction of sp³-hybridized carbons (Fsp3) is 0.0588. The molecule has 1 heterocycles. The van der Waals surface area contributed by atoms with Gasteiger partial charge in [0.1, 0.15) is 11.6 Å². The second kappa shape index (κ2) is 7.96. The molecule has 3 rings (SSSR count). The Morgan fingerprint density at radius 1 is 1.11 bits per heavy atom. The summed E-state index contributed by atoms with van der Waals surface area (Å²) in [6.07, 6.45) is 0. The Bertz CT molecular complexity index is 994. The lowest BCUT2D eigenvalue weighted by molar-refractivity contribution is -0.117. The highest BCUT2D eigenvalue weighted by Gasteiger charge is 2.20. The molecule has 0 fully saturated rings. The van der Waals surface area contributed by atoms with Crippen molar-refractivity contribution < 1.29 is 18.4 Å². The monoisotopic (exact) mass is 389 g/mol. The van der Waals surface area contributed by atoms with Crippen molar-refractivity contribution in [3.63, 3.8) is 0 Å². The van der Waals surface area contributed by atoms with Gasteiger partial charge in [-0.25, -0.2) is 13.6 Å². The van der Waals surface area contributed by atoms with Crippen LogP contribution in [0.5, 0.6) is 0 Å². The van der Waals surface area contributed by atoms with E-state index in [1.165, 1.54) is 10.6 Å². The van der Waals surface area contributed by atoms with Gasteiger partial charge in [-0.3, -0.25) is 14.7 Å². The first kappa shape index (κ1) is 18.5. The zero-order chi connectivity index (χ0) is 19.4. The van der Waals surface area contributed by atoms with Crippen molar-refractivity contribution in [1.29, 1.82) is 0 Å². The van der Waals surface area contributed by atoms with Gasteiger partial charge in [0.2, 0.25) is 5.91 Å². The van der Waals surface area contributed by atoms with Crippen molar-refractivity contribution in [2.75, 3.05) is 5.75 Å². The summed E-state index contributed by atoms with van der Waals surface area (Å²) in [7, 11) is 0. The molecule has 10 heteroatoms. The largest absolute Gasteiger partial charge is 0.351 e. The molecule has 3 N–H and O–H groups in total. The Morgan fingerprint density at radius 3 is 2.52 bits per heavy atom. The highest BCUT2D eigenvalue weighted by molar-refractivity contribution is 7.99. The molecule has 27 heavy (non-hydrogen) atoms. The molecule has 7 nitrogen and oxygen atoms in total. The number of rotatable bonds is 5. The number of nitrogens with one attached hydrogen (secondary N) is 1. The summed E-state index contributed by atoms with van der Waals surface area (Å²) in [5, 5.41) is 10.2. The molecule has 0 spiro atoms. The third-order valence-corrected chi connectivity index (χ3v) is 4.34. The van der Waals surface area contributed by atoms with Gasteiger partial charge in [-0.15, -0.1) is 10.2 Å². The fourth-order valence-corrected chi connectivity index (χ4v) is 3.07. The molecule has 0 unspecified atom stereocenters. The molecule has 1 aromatic heterocycles. The molecule has 3 aromatic rings. The third-order valence-electron chi connectivity index (χ3n) is 3.41. The normalized spacial score (nSPS) is 10.6. The lowest BCUT2D eigenvalue weighted by atomic mass is 10.2. The molecule has 2 aromatic carbocycles. The minimum atomic E-state index is -0.975. The van der Waals surface area contributed by atoms with E-state index in [9.17, 15) is 18.4 Å². The average molecular weight is 389 g/mol. The van der Waals surface area contributed by atoms with Crippen LogP contribution in [0.2, 0.25) is 0 Å². The van der Waals surface area contributed by atoms with Gasteiger partial charge in [-0.2, -0.15) is 0 Å². The van der Waals surface area contributed by atoms with E-state index in [1.54, 1.807) is 24.3 Å². The van der Waals surface area contributed by atoms with E-state index in [0.29, 0.717) is 11.4 Å². The molecule has 0 saturated carbocycles. The molecule has 0 radical (unpaired) electrons. The molecule has 0 aliphatic rings. The van der Waals surface area contributed by atoms with Crippen LogP contribution in [0.25, 0.3) is 17.1 Å². The Labute approximate surface area is 156 Å². The standard InChI is InChI=1S/C17H13F2N5O2S/c18-11-6-7-13(12(19)8-11)24-15(10-4-2-1-3-5-10)22-23-17(24)27-9-14(25)21-16(20)26/h1-8H,9H2,(H3,20,21,25,26). The molecule has 0 aliphatic carbocycles. The molecule has 0 atom stereocenters. The Hall–Kier alpha value is -3.27. The van der Waals surface area contributed by atoms with Crippen LogP contribution in [0.3, 0.4) is 0 Å². The summed E-state index contributed by atoms with van der Waals surface area (Å²) in [5.41, 5.74) is 5.58. The number of carbonyl (C=O) groups is 2. The highest BCUT2D eigenvalue weighted by Crippen LogP contribution is 2.29. The smallest absolute Gasteiger partial charge is 0.318 e. The lowest BCUT2D eigenvalue weighted by Crippen LogP contribution is -2.36. The maximum absolute atomic E-state index is 14.4. The predicted octanol–water partition coefficient (Wildman–Crippen LogP) is 2.50. The summed E-state index contributed by atoms with van der Waals surface area (Å²) in [6.45, 7) is 0. The van der Waals surface area contributed by atoms with Crippen molar-refractivity contribution in [3.05, 3.63) is 60.2 Å². The summed E-state index contributed by atoms with van der Waals surface area (Å²) in [4.78, 5) is 22.4. The quantitative estimate of drug-likeness (QED) is 0.653. The molecular formula is C17H13F2N5O2S. The minimum Gasteiger partial charge on any atom is -0.351 e. The van der Waals surface area contributed by atoms with E-state index in [4.69, 9.17) is 5.73 Å². The van der Waals surface area contributed by atoms with Crippen molar-refractivity contribution in [1.82, 2.24) is 20.1 Å². The van der Waals surface area contributed by atoms with Crippen LogP contribution >= 0.6 is 11.8 Å². The first-order valence-electron chi connectivity index (χ1n) is 7.64. The van der Waals surface area contributed by atoms with Gasteiger partial charge in [0.05, 0.1) is 11.4 Å². The van der Waals surface area contributed by atoms with E-state index in [1.807, 2.05) is 11.4 Å². The number of urea groups is 1. The maximum Gasteiger partial charge on any atom is 0.318 e. The fourth-order valence-electron chi connectivity index (χ4n) is 2.32. The number of nitrogens with two attached hydrogens (primary N) is 1. The first-order valence-corrected chi connectivity index (χ1v) is 8.62. The van der Waals surface area contributed by atoms with E-state index in [2.05, 4.69) is 10.2 Å². The lowest BCUT2D eigenvalue weighted by Gasteiger charge is -2.11. The number of carbonyl (C=O) groups excluding carboxylic acids is 2. The summed E-state index contributed by atoms with van der Waals surface area (Å²) in [5.74, 6) is -2.04. The zero-order valence-electron chi connectivity index (χ0n) is 13.7. The third kappa shape index (κ3) is 4.29. The highest BCUT2D eigenvalue weighted by atomic mass is 32.2. The van der Waals surface area contributed by atoms with Gasteiger partial charge in [-0.05, 0) is 12.1 Å². The van der Waals surface area contributed by atoms with Crippen molar-refractivity contribution in [2.45, 2.75) is 5.16 Å². The molecular weight excluding hydrogens is 376 g/mol. The van der Waals surface area contributed by atoms with Gasteiger partial charge in [-0.1, -0.05) is 42.1 Å². The number of primary amides is 1. The van der Waals surface area contributed by atoms with Crippen LogP contribution in [0.1, 0.15) is 0 Å². The topological polar surface area (TPSA) is 103 Å². The molecule has 0 bridgehead atoms. The first-order chi connectivity index (χ1) is 13.0. The number of halogens is 2. The van der Waals surface area contributed by atoms with Gasteiger partial charge in [0, 0.05) is 11.6 Å². The summed E-state index contributed by atoms with van der Waals surface area (Å²) >= 11 is 0.929. The second-order valence-corrected chi connectivity index (χ2v) is 6.25. The maximum atomic E-state index is 14.4. The van der Waals surface area contributed by atoms with Crippen LogP contribution in [0, 0.1) is 11.6 Å². The number of hydrogen-bond acceptors (Lipinski definition) is 5. The number of thioether (sulfide) groups is 1.